The van der Waals surface area contributed by atoms with E-state index in [0.29, 0.717) is 23.9 Å². The minimum atomic E-state index is -4.65. The Morgan fingerprint density at radius 3 is 1.09 bits per heavy atom. The predicted molar refractivity (Wildman–Crippen MR) is 332 cm³/mol. The van der Waals surface area contributed by atoms with Gasteiger partial charge in [-0.2, -0.15) is 0 Å². The van der Waals surface area contributed by atoms with Gasteiger partial charge in [-0.15, -0.1) is 0 Å². The first-order valence-corrected chi connectivity index (χ1v) is 31.7. The van der Waals surface area contributed by atoms with E-state index in [4.69, 9.17) is 18.5 Å². The Balaban J connectivity index is 4.21. The number of allylic oxidation sites excluding steroid dienone is 26. The molecule has 440 valence electrons. The Bertz CT molecular complexity index is 1870. The van der Waals surface area contributed by atoms with E-state index in [1.54, 1.807) is 0 Å². The molecule has 78 heavy (non-hydrogen) atoms. The van der Waals surface area contributed by atoms with Gasteiger partial charge in [0.15, 0.2) is 6.10 Å². The normalized spacial score (nSPS) is 14.4. The minimum Gasteiger partial charge on any atom is -0.756 e. The van der Waals surface area contributed by atoms with Crippen LogP contribution in [0.5, 0.6) is 0 Å². The fourth-order valence-electron chi connectivity index (χ4n) is 7.39. The Morgan fingerprint density at radius 1 is 0.410 bits per heavy atom. The first-order valence-electron chi connectivity index (χ1n) is 30.2. The molecule has 0 aliphatic rings. The van der Waals surface area contributed by atoms with Crippen LogP contribution in [0.25, 0.3) is 0 Å². The van der Waals surface area contributed by atoms with Crippen molar-refractivity contribution in [3.05, 3.63) is 158 Å². The van der Waals surface area contributed by atoms with Crippen molar-refractivity contribution in [3.63, 3.8) is 0 Å². The molecule has 0 aliphatic heterocycles. The van der Waals surface area contributed by atoms with Crippen molar-refractivity contribution in [1.29, 1.82) is 0 Å². The summed E-state index contributed by atoms with van der Waals surface area (Å²) in [6.45, 7) is 4.03. The van der Waals surface area contributed by atoms with E-state index in [1.807, 2.05) is 21.1 Å². The molecular weight excluding hydrogens is 990 g/mol. The lowest BCUT2D eigenvalue weighted by atomic mass is 10.1. The van der Waals surface area contributed by atoms with Crippen molar-refractivity contribution in [2.75, 3.05) is 47.5 Å². The number of rotatable bonds is 53. The summed E-state index contributed by atoms with van der Waals surface area (Å²) in [6.07, 6.45) is 85.8. The monoisotopic (exact) mass is 1100 g/mol. The molecule has 9 nitrogen and oxygen atoms in total. The van der Waals surface area contributed by atoms with Crippen LogP contribution in [-0.2, 0) is 32.7 Å². The van der Waals surface area contributed by atoms with Gasteiger partial charge in [0, 0.05) is 12.8 Å². The van der Waals surface area contributed by atoms with Crippen LogP contribution in [0.2, 0.25) is 0 Å². The zero-order valence-electron chi connectivity index (χ0n) is 49.8. The fourth-order valence-corrected chi connectivity index (χ4v) is 8.12. The number of phosphoric ester groups is 1. The van der Waals surface area contributed by atoms with E-state index < -0.39 is 32.5 Å². The van der Waals surface area contributed by atoms with E-state index >= 15 is 0 Å². The molecule has 0 rings (SSSR count). The van der Waals surface area contributed by atoms with Crippen molar-refractivity contribution >= 4 is 19.8 Å². The number of phosphoric acid groups is 1. The summed E-state index contributed by atoms with van der Waals surface area (Å²) in [5, 5.41) is 0. The third-order valence-electron chi connectivity index (χ3n) is 12.0. The maximum atomic E-state index is 12.8. The number of ether oxygens (including phenoxy) is 2. The summed E-state index contributed by atoms with van der Waals surface area (Å²) < 4.78 is 34.1. The second-order valence-corrected chi connectivity index (χ2v) is 22.0. The molecule has 0 spiro atoms. The van der Waals surface area contributed by atoms with Gasteiger partial charge in [0.2, 0.25) is 0 Å². The molecule has 0 saturated heterocycles. The molecule has 0 radical (unpaired) electrons. The number of nitrogens with zero attached hydrogens (tertiary/aromatic N) is 1. The van der Waals surface area contributed by atoms with Gasteiger partial charge >= 0.3 is 11.9 Å². The first-order chi connectivity index (χ1) is 38.0. The van der Waals surface area contributed by atoms with Gasteiger partial charge in [-0.1, -0.05) is 223 Å². The molecule has 0 bridgehead atoms. The van der Waals surface area contributed by atoms with Crippen molar-refractivity contribution in [1.82, 2.24) is 0 Å². The van der Waals surface area contributed by atoms with Crippen LogP contribution in [0, 0.1) is 0 Å². The Kier molecular flexibility index (Phi) is 54.1. The third kappa shape index (κ3) is 60.9. The zero-order valence-corrected chi connectivity index (χ0v) is 50.7. The molecule has 0 aromatic carbocycles. The van der Waals surface area contributed by atoms with Crippen molar-refractivity contribution in [2.24, 2.45) is 0 Å². The van der Waals surface area contributed by atoms with Gasteiger partial charge < -0.3 is 27.9 Å². The lowest BCUT2D eigenvalue weighted by molar-refractivity contribution is -0.870. The highest BCUT2D eigenvalue weighted by Crippen LogP contribution is 2.38. The summed E-state index contributed by atoms with van der Waals surface area (Å²) >= 11 is 0. The first kappa shape index (κ1) is 73.6. The smallest absolute Gasteiger partial charge is 0.306 e. The van der Waals surface area contributed by atoms with Gasteiger partial charge in [0.25, 0.3) is 7.82 Å². The van der Waals surface area contributed by atoms with Crippen LogP contribution in [0.1, 0.15) is 206 Å². The Labute approximate surface area is 477 Å². The standard InChI is InChI=1S/C68H110NO8P/c1-6-8-10-12-14-16-18-20-22-23-24-25-26-27-28-29-30-31-32-33-34-35-36-37-38-39-40-41-42-43-44-45-47-49-51-53-55-57-59-61-68(71)77-66(65-76-78(72,73)75-63-62-69(3,4)5)64-74-67(70)60-58-56-54-52-50-48-46-21-19-17-15-13-11-9-7-2/h8,10,14-17,20-22,24-25,27-28,30-31,33-34,36-37,39-40,42-43,45-47,66H,6-7,9,11-13,18-19,23,26,29,32,35,38,41,44,48-65H2,1-5H3/b10-8-,16-14-,17-15-,22-20-,25-24-,28-27-,31-30-,34-33-,37-36-,40-39-,43-42-,46-21-,47-45-. The van der Waals surface area contributed by atoms with Crippen LogP contribution in [-0.4, -0.2) is 70.0 Å². The van der Waals surface area contributed by atoms with Gasteiger partial charge in [-0.05, 0) is 128 Å². The number of quaternary nitrogens is 1. The van der Waals surface area contributed by atoms with Gasteiger partial charge in [-0.25, -0.2) is 0 Å². The number of likely N-dealkylation sites (N-methyl/N-ethyl adjacent to an activating group) is 1. The van der Waals surface area contributed by atoms with Crippen LogP contribution < -0.4 is 4.89 Å². The van der Waals surface area contributed by atoms with Gasteiger partial charge in [-0.3, -0.25) is 14.2 Å². The number of hydrogen-bond acceptors (Lipinski definition) is 8. The van der Waals surface area contributed by atoms with Crippen molar-refractivity contribution < 1.29 is 42.1 Å². The number of carbonyl (C=O) groups excluding carboxylic acids is 2. The van der Waals surface area contributed by atoms with Crippen molar-refractivity contribution in [3.8, 4) is 0 Å². The quantitative estimate of drug-likeness (QED) is 0.0195. The molecule has 0 aromatic rings. The average Bonchev–Trinajstić information content (AvgIpc) is 3.41. The molecule has 0 fully saturated rings. The van der Waals surface area contributed by atoms with E-state index in [0.717, 1.165) is 141 Å². The molecular formula is C68H110NO8P. The molecule has 10 heteroatoms. The van der Waals surface area contributed by atoms with E-state index in [2.05, 4.69) is 172 Å². The summed E-state index contributed by atoms with van der Waals surface area (Å²) in [4.78, 5) is 37.8. The zero-order chi connectivity index (χ0) is 57.0. The lowest BCUT2D eigenvalue weighted by Gasteiger charge is -2.28. The van der Waals surface area contributed by atoms with Crippen LogP contribution >= 0.6 is 7.82 Å². The third-order valence-corrected chi connectivity index (χ3v) is 13.0. The van der Waals surface area contributed by atoms with Crippen LogP contribution in [0.4, 0.5) is 0 Å². The van der Waals surface area contributed by atoms with E-state index in [9.17, 15) is 19.0 Å². The molecule has 0 amide bonds. The summed E-state index contributed by atoms with van der Waals surface area (Å²) in [7, 11) is 1.12. The summed E-state index contributed by atoms with van der Waals surface area (Å²) in [5.74, 6) is -0.885. The highest BCUT2D eigenvalue weighted by Gasteiger charge is 2.21. The SMILES string of the molecule is CC/C=C\C/C=C\C/C=C\C/C=C\C/C=C\C/C=C\C/C=C\C/C=C\C/C=C\C/C=C\C/C=C\CCCCCCCC(=O)OC(COC(=O)CCCCCCC/C=C\C/C=C\CCCCC)COP(=O)([O-])OCC[N+](C)(C)C. The molecule has 0 aromatic heterocycles. The molecule has 2 unspecified atom stereocenters. The number of unbranched alkanes of at least 4 members (excludes halogenated alkanes) is 13. The van der Waals surface area contributed by atoms with E-state index in [-0.39, 0.29) is 26.1 Å². The Morgan fingerprint density at radius 2 is 0.731 bits per heavy atom. The van der Waals surface area contributed by atoms with Gasteiger partial charge in [0.1, 0.15) is 19.8 Å². The summed E-state index contributed by atoms with van der Waals surface area (Å²) in [5.41, 5.74) is 0. The number of esters is 2. The molecule has 0 aliphatic carbocycles. The topological polar surface area (TPSA) is 111 Å². The lowest BCUT2D eigenvalue weighted by Crippen LogP contribution is -2.37. The summed E-state index contributed by atoms with van der Waals surface area (Å²) in [6, 6.07) is 0. The predicted octanol–water partition coefficient (Wildman–Crippen LogP) is 18.6. The second kappa shape index (κ2) is 57.3. The molecule has 0 N–H and O–H groups in total. The number of carbonyl (C=O) groups is 2. The maximum absolute atomic E-state index is 12.8. The Hall–Kier alpha value is -4.37. The second-order valence-electron chi connectivity index (χ2n) is 20.6. The number of hydrogen-bond donors (Lipinski definition) is 0. The maximum Gasteiger partial charge on any atom is 0.306 e. The highest BCUT2D eigenvalue weighted by atomic mass is 31.2. The molecule has 0 heterocycles. The molecule has 2 atom stereocenters. The fraction of sp³-hybridized carbons (Fsp3) is 0.588. The van der Waals surface area contributed by atoms with Crippen LogP contribution in [0.3, 0.4) is 0 Å². The highest BCUT2D eigenvalue weighted by molar-refractivity contribution is 7.45. The molecule has 0 saturated carbocycles. The van der Waals surface area contributed by atoms with Crippen molar-refractivity contribution in [2.45, 2.75) is 213 Å². The van der Waals surface area contributed by atoms with Gasteiger partial charge in [0.05, 0.1) is 27.7 Å². The largest absolute Gasteiger partial charge is 0.756 e. The minimum absolute atomic E-state index is 0.0459. The van der Waals surface area contributed by atoms with Crippen LogP contribution in [0.15, 0.2) is 158 Å². The van der Waals surface area contributed by atoms with E-state index in [1.165, 1.54) is 25.7 Å². The average molecular weight is 1100 g/mol.